The first-order valence-corrected chi connectivity index (χ1v) is 5.97. The van der Waals surface area contributed by atoms with Crippen molar-refractivity contribution in [1.29, 1.82) is 0 Å². The first-order chi connectivity index (χ1) is 7.41. The van der Waals surface area contributed by atoms with Gasteiger partial charge in [0, 0.05) is 0 Å². The molecule has 0 radical (unpaired) electrons. The van der Waals surface area contributed by atoms with Crippen LogP contribution in [0.3, 0.4) is 0 Å². The van der Waals surface area contributed by atoms with Gasteiger partial charge >= 0.3 is 20.4 Å². The molecule has 17 heavy (non-hydrogen) atoms. The van der Waals surface area contributed by atoms with E-state index in [0.717, 1.165) is 0 Å². The van der Waals surface area contributed by atoms with Gasteiger partial charge in [0.2, 0.25) is 0 Å². The Morgan fingerprint density at radius 3 is 1.12 bits per heavy atom. The average Bonchev–Trinajstić information content (AvgIpc) is 1.99. The van der Waals surface area contributed by atoms with Crippen molar-refractivity contribution in [2.24, 2.45) is 0 Å². The van der Waals surface area contributed by atoms with E-state index in [2.05, 4.69) is 37.8 Å². The second-order valence-corrected chi connectivity index (χ2v) is 3.52. The van der Waals surface area contributed by atoms with Crippen LogP contribution < -0.4 is 18.6 Å². The standard InChI is InChI=1S/C8H12.C3H5.ClHO4.Pd/c1-2-4-6-8-7-5-3-1;1-3-2;2-1(3,4)5;/h1-2,7-8H,3-6H2;3H,1-2H2;(H,2,3,4,5);/q;-1;;+2/p-1/b2-1-,8-7?;;;. The Morgan fingerprint density at radius 1 is 0.882 bits per heavy atom. The second-order valence-electron chi connectivity index (χ2n) is 2.76. The summed E-state index contributed by atoms with van der Waals surface area (Å²) in [5, 5.41) is 0. The van der Waals surface area contributed by atoms with E-state index in [9.17, 15) is 0 Å². The molecular formula is C11H17ClO4Pd. The molecule has 0 fully saturated rings. The molecule has 0 spiro atoms. The van der Waals surface area contributed by atoms with Crippen molar-refractivity contribution < 1.29 is 49.3 Å². The Balaban J connectivity index is -0.000000191. The smallest absolute Gasteiger partial charge is 0.245 e. The number of hydrogen-bond donors (Lipinski definition) is 0. The van der Waals surface area contributed by atoms with E-state index in [4.69, 9.17) is 18.6 Å². The molecule has 0 N–H and O–H groups in total. The van der Waals surface area contributed by atoms with Crippen LogP contribution in [0.25, 0.3) is 0 Å². The maximum Gasteiger partial charge on any atom is 2.00 e. The maximum atomic E-state index is 8.49. The SMILES string of the molecule is C1=CCC/C=C\CC1.C=C[CH2-].[O-][Cl+3]([O-])([O-])[O-].[Pd+2]. The van der Waals surface area contributed by atoms with Crippen LogP contribution in [0.4, 0.5) is 0 Å². The maximum absolute atomic E-state index is 8.49. The zero-order chi connectivity index (χ0) is 12.9. The Bertz CT molecular complexity index is 180. The molecule has 0 aromatic carbocycles. The summed E-state index contributed by atoms with van der Waals surface area (Å²) in [6, 6.07) is 0. The van der Waals surface area contributed by atoms with Gasteiger partial charge in [-0.2, -0.15) is 0 Å². The Morgan fingerprint density at radius 2 is 1.00 bits per heavy atom. The average molecular weight is 355 g/mol. The van der Waals surface area contributed by atoms with Crippen LogP contribution >= 0.6 is 0 Å². The predicted molar refractivity (Wildman–Crippen MR) is 52.3 cm³/mol. The Labute approximate surface area is 119 Å². The fraction of sp³-hybridized carbons (Fsp3) is 0.364. The van der Waals surface area contributed by atoms with E-state index in [-0.39, 0.29) is 20.4 Å². The first kappa shape index (κ1) is 22.1. The summed E-state index contributed by atoms with van der Waals surface area (Å²) in [5.41, 5.74) is 0. The Hall–Kier alpha value is -0.118. The minimum absolute atomic E-state index is 0. The van der Waals surface area contributed by atoms with E-state index in [1.807, 2.05) is 0 Å². The summed E-state index contributed by atoms with van der Waals surface area (Å²) < 4.78 is 34.0. The molecule has 0 aromatic heterocycles. The quantitative estimate of drug-likeness (QED) is 0.314. The fourth-order valence-electron chi connectivity index (χ4n) is 0.856. The van der Waals surface area contributed by atoms with Gasteiger partial charge in [0.1, 0.15) is 0 Å². The third-order valence-electron chi connectivity index (χ3n) is 1.33. The fourth-order valence-corrected chi connectivity index (χ4v) is 0.856. The zero-order valence-electron chi connectivity index (χ0n) is 9.46. The monoisotopic (exact) mass is 354 g/mol. The van der Waals surface area contributed by atoms with Crippen molar-refractivity contribution in [3.8, 4) is 0 Å². The molecular weight excluding hydrogens is 338 g/mol. The van der Waals surface area contributed by atoms with Gasteiger partial charge < -0.3 is 0 Å². The summed E-state index contributed by atoms with van der Waals surface area (Å²) >= 11 is 0. The molecule has 0 saturated heterocycles. The topological polar surface area (TPSA) is 92.2 Å². The molecule has 0 amide bonds. The second kappa shape index (κ2) is 15.9. The predicted octanol–water partition coefficient (Wildman–Crippen LogP) is -1.08. The van der Waals surface area contributed by atoms with Crippen molar-refractivity contribution in [3.05, 3.63) is 43.9 Å². The largest absolute Gasteiger partial charge is 2.00 e. The van der Waals surface area contributed by atoms with Gasteiger partial charge in [0.15, 0.2) is 0 Å². The third kappa shape index (κ3) is 49.3. The number of hydrogen-bond acceptors (Lipinski definition) is 4. The van der Waals surface area contributed by atoms with Crippen LogP contribution in [0.1, 0.15) is 25.7 Å². The summed E-state index contributed by atoms with van der Waals surface area (Å²) in [6.07, 6.45) is 15.5. The van der Waals surface area contributed by atoms with Crippen molar-refractivity contribution in [1.82, 2.24) is 0 Å². The molecule has 0 unspecified atom stereocenters. The van der Waals surface area contributed by atoms with Gasteiger partial charge in [-0.05, 0) is 25.7 Å². The Kier molecular flexibility index (Phi) is 20.6. The minimum Gasteiger partial charge on any atom is -0.245 e. The van der Waals surface area contributed by atoms with Crippen molar-refractivity contribution in [2.75, 3.05) is 0 Å². The molecule has 102 valence electrons. The van der Waals surface area contributed by atoms with E-state index in [0.29, 0.717) is 0 Å². The van der Waals surface area contributed by atoms with Crippen LogP contribution in [-0.2, 0) is 20.4 Å². The number of allylic oxidation sites excluding steroid dienone is 5. The normalized spacial score (nSPS) is 15.5. The number of rotatable bonds is 0. The summed E-state index contributed by atoms with van der Waals surface area (Å²) in [4.78, 5) is 0. The molecule has 0 saturated carbocycles. The van der Waals surface area contributed by atoms with Crippen LogP contribution in [0, 0.1) is 17.2 Å². The minimum atomic E-state index is -4.94. The van der Waals surface area contributed by atoms with Crippen LogP contribution in [0.15, 0.2) is 37.0 Å². The molecule has 0 atom stereocenters. The molecule has 0 bridgehead atoms. The van der Waals surface area contributed by atoms with Gasteiger partial charge in [-0.1, -0.05) is 24.3 Å². The molecule has 6 heteroatoms. The summed E-state index contributed by atoms with van der Waals surface area (Å²) in [5.74, 6) is 0. The first-order valence-electron chi connectivity index (χ1n) is 4.73. The van der Waals surface area contributed by atoms with E-state index < -0.39 is 10.2 Å². The molecule has 0 aromatic rings. The van der Waals surface area contributed by atoms with Crippen LogP contribution in [0.5, 0.6) is 0 Å². The zero-order valence-corrected chi connectivity index (χ0v) is 11.8. The molecule has 1 rings (SSSR count). The van der Waals surface area contributed by atoms with Gasteiger partial charge in [0.05, 0.1) is 0 Å². The van der Waals surface area contributed by atoms with Gasteiger partial charge in [0.25, 0.3) is 0 Å². The molecule has 1 aliphatic carbocycles. The van der Waals surface area contributed by atoms with Crippen LogP contribution in [0.2, 0.25) is 0 Å². The van der Waals surface area contributed by atoms with E-state index in [1.54, 1.807) is 0 Å². The molecule has 4 nitrogen and oxygen atoms in total. The summed E-state index contributed by atoms with van der Waals surface area (Å²) in [6.45, 7) is 6.50. The van der Waals surface area contributed by atoms with Crippen molar-refractivity contribution >= 4 is 0 Å². The van der Waals surface area contributed by atoms with E-state index >= 15 is 0 Å². The van der Waals surface area contributed by atoms with Crippen molar-refractivity contribution in [2.45, 2.75) is 25.7 Å². The number of halogens is 1. The van der Waals surface area contributed by atoms with Gasteiger partial charge in [-0.15, -0.1) is 10.2 Å². The molecule has 0 heterocycles. The van der Waals surface area contributed by atoms with E-state index in [1.165, 1.54) is 31.8 Å². The van der Waals surface area contributed by atoms with Crippen LogP contribution in [-0.4, -0.2) is 0 Å². The van der Waals surface area contributed by atoms with Gasteiger partial charge in [-0.3, -0.25) is 0 Å². The van der Waals surface area contributed by atoms with Gasteiger partial charge in [-0.25, -0.2) is 38.2 Å². The van der Waals surface area contributed by atoms with Crippen molar-refractivity contribution in [3.63, 3.8) is 0 Å². The third-order valence-corrected chi connectivity index (χ3v) is 1.33. The summed E-state index contributed by atoms with van der Waals surface area (Å²) in [7, 11) is -4.94. The molecule has 0 aliphatic heterocycles. The molecule has 1 aliphatic rings.